The first kappa shape index (κ1) is 6.94. The van der Waals surface area contributed by atoms with Crippen LogP contribution in [0.1, 0.15) is 1.43 Å². The molecule has 1 rings (SSSR count). The molecule has 0 atom stereocenters. The van der Waals surface area contributed by atoms with Gasteiger partial charge in [0.1, 0.15) is 12.7 Å². The summed E-state index contributed by atoms with van der Waals surface area (Å²) in [7, 11) is 0. The zero-order valence-corrected chi connectivity index (χ0v) is 6.07. The van der Waals surface area contributed by atoms with Crippen LogP contribution in [0.3, 0.4) is 0 Å². The summed E-state index contributed by atoms with van der Waals surface area (Å²) >= 11 is 0. The van der Waals surface area contributed by atoms with E-state index < -0.39 is 0 Å². The first-order valence-electron chi connectivity index (χ1n) is 1.49. The molecule has 0 saturated heterocycles. The number of rotatable bonds is 0. The van der Waals surface area contributed by atoms with Crippen molar-refractivity contribution in [3.63, 3.8) is 0 Å². The second-order valence-electron chi connectivity index (χ2n) is 0.875. The number of aromatic nitrogens is 3. The number of nitrogens with two attached hydrogens (primary N) is 1. The minimum Gasteiger partial charge on any atom is -1.00 e. The molecule has 5 heteroatoms. The van der Waals surface area contributed by atoms with Gasteiger partial charge in [0.05, 0.1) is 0 Å². The van der Waals surface area contributed by atoms with Crippen molar-refractivity contribution in [3.05, 3.63) is 12.7 Å². The zero-order valence-electron chi connectivity index (χ0n) is 5.07. The Hall–Kier alpha value is -0.0600. The van der Waals surface area contributed by atoms with Gasteiger partial charge >= 0.3 is 29.6 Å². The van der Waals surface area contributed by atoms with Crippen LogP contribution in [0.25, 0.3) is 0 Å². The number of nitrogen functional groups attached to an aromatic ring is 1. The van der Waals surface area contributed by atoms with Gasteiger partial charge in [-0.3, -0.25) is 0 Å². The molecule has 7 heavy (non-hydrogen) atoms. The molecule has 0 fully saturated rings. The van der Waals surface area contributed by atoms with Gasteiger partial charge < -0.3 is 7.27 Å². The normalized spacial score (nSPS) is 7.43. The van der Waals surface area contributed by atoms with E-state index in [2.05, 4.69) is 10.1 Å². The van der Waals surface area contributed by atoms with Crippen LogP contribution in [-0.2, 0) is 0 Å². The van der Waals surface area contributed by atoms with E-state index >= 15 is 0 Å². The molecule has 0 bridgehead atoms. The number of hydrogen-bond donors (Lipinski definition) is 1. The predicted octanol–water partition coefficient (Wildman–Crippen LogP) is -3.89. The van der Waals surface area contributed by atoms with Crippen molar-refractivity contribution in [2.75, 3.05) is 5.84 Å². The van der Waals surface area contributed by atoms with E-state index in [-0.39, 0.29) is 31.0 Å². The van der Waals surface area contributed by atoms with Gasteiger partial charge in [0.25, 0.3) is 0 Å². The van der Waals surface area contributed by atoms with Crippen molar-refractivity contribution in [2.45, 2.75) is 0 Å². The van der Waals surface area contributed by atoms with Crippen LogP contribution in [0.5, 0.6) is 0 Å². The van der Waals surface area contributed by atoms with Crippen LogP contribution in [0, 0.1) is 0 Å². The number of nitrogens with zero attached hydrogens (tertiary/aromatic N) is 3. The van der Waals surface area contributed by atoms with E-state index in [4.69, 9.17) is 5.84 Å². The van der Waals surface area contributed by atoms with Gasteiger partial charge in [-0.15, -0.1) is 5.10 Å². The molecule has 0 radical (unpaired) electrons. The maximum atomic E-state index is 5.02. The van der Waals surface area contributed by atoms with Gasteiger partial charge in [-0.1, -0.05) is 0 Å². The second kappa shape index (κ2) is 3.01. The van der Waals surface area contributed by atoms with E-state index in [9.17, 15) is 0 Å². The molecule has 0 spiro atoms. The first-order chi connectivity index (χ1) is 2.89. The topological polar surface area (TPSA) is 56.7 Å². The summed E-state index contributed by atoms with van der Waals surface area (Å²) in [6, 6.07) is 0. The zero-order chi connectivity index (χ0) is 4.41. The van der Waals surface area contributed by atoms with Gasteiger partial charge in [-0.25, -0.2) is 4.98 Å². The Balaban J connectivity index is 0. The molecule has 0 aliphatic heterocycles. The minimum absolute atomic E-state index is 0. The Bertz CT molecular complexity index is 118. The van der Waals surface area contributed by atoms with E-state index in [0.29, 0.717) is 0 Å². The molecular weight excluding hydrogens is 103 g/mol. The second-order valence-corrected chi connectivity index (χ2v) is 0.875. The fraction of sp³-hybridized carbons (Fsp3) is 0. The monoisotopic (exact) mass is 108 g/mol. The SMILES string of the molecule is Nn1cncn1.[H-].[Na+]. The van der Waals surface area contributed by atoms with Crippen LogP contribution in [0.15, 0.2) is 12.7 Å². The Kier molecular flexibility index (Phi) is 2.98. The third-order valence-corrected chi connectivity index (χ3v) is 0.437. The molecule has 34 valence electrons. The van der Waals surface area contributed by atoms with Gasteiger partial charge in [-0.2, -0.15) is 4.79 Å². The van der Waals surface area contributed by atoms with Gasteiger partial charge in [0.15, 0.2) is 0 Å². The van der Waals surface area contributed by atoms with Crippen molar-refractivity contribution in [2.24, 2.45) is 0 Å². The van der Waals surface area contributed by atoms with Crippen molar-refractivity contribution in [3.8, 4) is 0 Å². The van der Waals surface area contributed by atoms with Crippen molar-refractivity contribution in [1.82, 2.24) is 14.9 Å². The van der Waals surface area contributed by atoms with Crippen LogP contribution < -0.4 is 35.4 Å². The average Bonchev–Trinajstić information content (AvgIpc) is 1.86. The van der Waals surface area contributed by atoms with E-state index in [1.807, 2.05) is 0 Å². The molecule has 4 nitrogen and oxygen atoms in total. The Morgan fingerprint density at radius 2 is 2.43 bits per heavy atom. The third-order valence-electron chi connectivity index (χ3n) is 0.437. The van der Waals surface area contributed by atoms with Crippen molar-refractivity contribution in [1.29, 1.82) is 0 Å². The van der Waals surface area contributed by atoms with E-state index in [1.54, 1.807) is 0 Å². The molecule has 0 saturated carbocycles. The maximum Gasteiger partial charge on any atom is 1.00 e. The smallest absolute Gasteiger partial charge is 1.00 e. The summed E-state index contributed by atoms with van der Waals surface area (Å²) < 4.78 is 0. The van der Waals surface area contributed by atoms with E-state index in [0.717, 1.165) is 4.79 Å². The summed E-state index contributed by atoms with van der Waals surface area (Å²) in [4.78, 5) is 4.69. The van der Waals surface area contributed by atoms with Crippen LogP contribution in [0.4, 0.5) is 0 Å². The van der Waals surface area contributed by atoms with Crippen molar-refractivity contribution < 1.29 is 31.0 Å². The Labute approximate surface area is 64.5 Å². The fourth-order valence-corrected chi connectivity index (χ4v) is 0.217. The third kappa shape index (κ3) is 1.91. The maximum absolute atomic E-state index is 5.02. The Morgan fingerprint density at radius 1 is 1.71 bits per heavy atom. The molecule has 2 N–H and O–H groups in total. The fourth-order valence-electron chi connectivity index (χ4n) is 0.217. The molecule has 0 amide bonds. The molecular formula is C2H5N4Na. The van der Waals surface area contributed by atoms with E-state index in [1.165, 1.54) is 12.7 Å². The molecule has 1 aromatic heterocycles. The summed E-state index contributed by atoms with van der Waals surface area (Å²) in [6.45, 7) is 0. The summed E-state index contributed by atoms with van der Waals surface area (Å²) in [5, 5.41) is 3.50. The van der Waals surface area contributed by atoms with Gasteiger partial charge in [-0.05, 0) is 0 Å². The van der Waals surface area contributed by atoms with Crippen molar-refractivity contribution >= 4 is 0 Å². The molecule has 0 aliphatic rings. The van der Waals surface area contributed by atoms with Gasteiger partial charge in [0, 0.05) is 0 Å². The number of hydrogen-bond acceptors (Lipinski definition) is 3. The molecule has 0 unspecified atom stereocenters. The summed E-state index contributed by atoms with van der Waals surface area (Å²) in [5.74, 6) is 5.02. The Morgan fingerprint density at radius 3 is 2.57 bits per heavy atom. The average molecular weight is 108 g/mol. The first-order valence-corrected chi connectivity index (χ1v) is 1.49. The largest absolute Gasteiger partial charge is 1.00 e. The van der Waals surface area contributed by atoms with Crippen LogP contribution in [-0.4, -0.2) is 14.9 Å². The van der Waals surface area contributed by atoms with Crippen LogP contribution in [0.2, 0.25) is 0 Å². The summed E-state index contributed by atoms with van der Waals surface area (Å²) in [6.07, 6.45) is 2.79. The standard InChI is InChI=1S/C2H4N4.Na.H/c3-6-2-4-1-5-6;;/h1-2H,3H2;;/q;+1;-1. The predicted molar refractivity (Wildman–Crippen MR) is 21.3 cm³/mol. The van der Waals surface area contributed by atoms with Crippen LogP contribution >= 0.6 is 0 Å². The molecule has 1 aromatic rings. The minimum atomic E-state index is 0. The van der Waals surface area contributed by atoms with Gasteiger partial charge in [0.2, 0.25) is 0 Å². The molecule has 0 aromatic carbocycles. The summed E-state index contributed by atoms with van der Waals surface area (Å²) in [5.41, 5.74) is 0. The molecule has 0 aliphatic carbocycles. The molecule has 1 heterocycles. The quantitative estimate of drug-likeness (QED) is 0.273.